The molecule has 0 atom stereocenters. The number of likely N-dealkylation sites (tertiary alicyclic amines) is 1. The van der Waals surface area contributed by atoms with Crippen LogP contribution in [0.2, 0.25) is 0 Å². The molecule has 1 fully saturated rings. The molecule has 3 rings (SSSR count). The van der Waals surface area contributed by atoms with E-state index in [1.165, 1.54) is 16.9 Å². The molecule has 2 heterocycles. The molecule has 23 heavy (non-hydrogen) atoms. The highest BCUT2D eigenvalue weighted by Crippen LogP contribution is 2.25. The first kappa shape index (κ1) is 16.1. The van der Waals surface area contributed by atoms with Crippen LogP contribution in [-0.4, -0.2) is 40.6 Å². The van der Waals surface area contributed by atoms with Gasteiger partial charge in [0, 0.05) is 26.1 Å². The summed E-state index contributed by atoms with van der Waals surface area (Å²) in [6.07, 6.45) is 2.54. The minimum absolute atomic E-state index is 0.0932. The molecule has 0 aliphatic carbocycles. The van der Waals surface area contributed by atoms with E-state index in [1.54, 1.807) is 0 Å². The van der Waals surface area contributed by atoms with Gasteiger partial charge in [0.2, 0.25) is 0 Å². The van der Waals surface area contributed by atoms with Crippen molar-refractivity contribution in [2.24, 2.45) is 5.92 Å². The van der Waals surface area contributed by atoms with Gasteiger partial charge in [-0.15, -0.1) is 11.3 Å². The van der Waals surface area contributed by atoms with Crippen molar-refractivity contribution in [3.63, 3.8) is 0 Å². The van der Waals surface area contributed by atoms with Gasteiger partial charge in [-0.1, -0.05) is 30.3 Å². The van der Waals surface area contributed by atoms with Crippen LogP contribution in [0.1, 0.15) is 38.8 Å². The van der Waals surface area contributed by atoms with E-state index in [0.29, 0.717) is 5.92 Å². The fraction of sp³-hybridized carbons (Fsp3) is 0.444. The molecule has 0 radical (unpaired) electrons. The molecule has 4 nitrogen and oxygen atoms in total. The Balaban J connectivity index is 1.69. The number of aromatic nitrogens is 1. The van der Waals surface area contributed by atoms with Crippen LogP contribution in [0.3, 0.4) is 0 Å². The van der Waals surface area contributed by atoms with Gasteiger partial charge in [-0.2, -0.15) is 0 Å². The number of aryl methyl sites for hydroxylation is 1. The zero-order chi connectivity index (χ0) is 16.2. The molecule has 1 saturated heterocycles. The van der Waals surface area contributed by atoms with Crippen LogP contribution in [-0.2, 0) is 6.42 Å². The van der Waals surface area contributed by atoms with Crippen molar-refractivity contribution in [3.05, 3.63) is 51.5 Å². The predicted octanol–water partition coefficient (Wildman–Crippen LogP) is 2.89. The van der Waals surface area contributed by atoms with Crippen molar-refractivity contribution < 1.29 is 9.90 Å². The molecule has 5 heteroatoms. The van der Waals surface area contributed by atoms with Crippen LogP contribution >= 0.6 is 11.3 Å². The number of carbonyl (C=O) groups excluding carboxylic acids is 1. The number of nitrogens with zero attached hydrogens (tertiary/aromatic N) is 2. The average Bonchev–Trinajstić information content (AvgIpc) is 2.95. The minimum Gasteiger partial charge on any atom is -0.396 e. The Labute approximate surface area is 140 Å². The lowest BCUT2D eigenvalue weighted by Crippen LogP contribution is -2.39. The van der Waals surface area contributed by atoms with Crippen LogP contribution < -0.4 is 0 Å². The van der Waals surface area contributed by atoms with Gasteiger partial charge in [0.05, 0.1) is 10.7 Å². The summed E-state index contributed by atoms with van der Waals surface area (Å²) < 4.78 is 0. The summed E-state index contributed by atoms with van der Waals surface area (Å²) in [4.78, 5) is 20.0. The standard InChI is InChI=1S/C18H22N2O2S/c1-13-17(18(22)20-9-7-15(12-21)8-10-20)23-16(19-13)11-14-5-3-2-4-6-14/h2-6,15,21H,7-12H2,1H3. The molecule has 0 unspecified atom stereocenters. The Morgan fingerprint density at radius 1 is 1.30 bits per heavy atom. The lowest BCUT2D eigenvalue weighted by atomic mass is 9.98. The van der Waals surface area contributed by atoms with Gasteiger partial charge in [-0.3, -0.25) is 4.79 Å². The highest BCUT2D eigenvalue weighted by Gasteiger charge is 2.26. The summed E-state index contributed by atoms with van der Waals surface area (Å²) in [5.74, 6) is 0.436. The summed E-state index contributed by atoms with van der Waals surface area (Å²) in [5, 5.41) is 10.2. The number of thiazole rings is 1. The molecular formula is C18H22N2O2S. The summed E-state index contributed by atoms with van der Waals surface area (Å²) in [6, 6.07) is 10.2. The number of carbonyl (C=O) groups is 1. The van der Waals surface area contributed by atoms with E-state index in [4.69, 9.17) is 0 Å². The molecule has 1 N–H and O–H groups in total. The van der Waals surface area contributed by atoms with Crippen molar-refractivity contribution in [1.29, 1.82) is 0 Å². The molecule has 1 amide bonds. The molecular weight excluding hydrogens is 308 g/mol. The van der Waals surface area contributed by atoms with Gasteiger partial charge >= 0.3 is 0 Å². The Bertz CT molecular complexity index is 661. The van der Waals surface area contributed by atoms with E-state index in [0.717, 1.165) is 47.9 Å². The summed E-state index contributed by atoms with van der Waals surface area (Å²) in [7, 11) is 0. The number of rotatable bonds is 4. The summed E-state index contributed by atoms with van der Waals surface area (Å²) >= 11 is 1.51. The average molecular weight is 330 g/mol. The van der Waals surface area contributed by atoms with E-state index in [-0.39, 0.29) is 12.5 Å². The van der Waals surface area contributed by atoms with Crippen molar-refractivity contribution in [3.8, 4) is 0 Å². The molecule has 2 aromatic rings. The van der Waals surface area contributed by atoms with Gasteiger partial charge in [-0.25, -0.2) is 4.98 Å². The van der Waals surface area contributed by atoms with Gasteiger partial charge < -0.3 is 10.0 Å². The first-order valence-corrected chi connectivity index (χ1v) is 8.89. The molecule has 0 saturated carbocycles. The van der Waals surface area contributed by atoms with Crippen LogP contribution in [0, 0.1) is 12.8 Å². The third-order valence-electron chi connectivity index (χ3n) is 4.39. The van der Waals surface area contributed by atoms with Crippen molar-refractivity contribution in [2.75, 3.05) is 19.7 Å². The summed E-state index contributed by atoms with van der Waals surface area (Å²) in [6.45, 7) is 3.60. The lowest BCUT2D eigenvalue weighted by Gasteiger charge is -2.30. The zero-order valence-corrected chi connectivity index (χ0v) is 14.2. The Morgan fingerprint density at radius 2 is 2.00 bits per heavy atom. The molecule has 122 valence electrons. The van der Waals surface area contributed by atoms with Gasteiger partial charge in [0.15, 0.2) is 0 Å². The van der Waals surface area contributed by atoms with Crippen molar-refractivity contribution >= 4 is 17.2 Å². The van der Waals surface area contributed by atoms with Crippen LogP contribution in [0.15, 0.2) is 30.3 Å². The number of benzene rings is 1. The molecule has 1 aliphatic rings. The number of amides is 1. The van der Waals surface area contributed by atoms with Gasteiger partial charge in [-0.05, 0) is 31.2 Å². The third kappa shape index (κ3) is 3.79. The van der Waals surface area contributed by atoms with E-state index in [2.05, 4.69) is 17.1 Å². The van der Waals surface area contributed by atoms with Crippen LogP contribution in [0.5, 0.6) is 0 Å². The maximum absolute atomic E-state index is 12.7. The first-order valence-electron chi connectivity index (χ1n) is 8.07. The SMILES string of the molecule is Cc1nc(Cc2ccccc2)sc1C(=O)N1CCC(CO)CC1. The number of aliphatic hydroxyl groups is 1. The second-order valence-electron chi connectivity index (χ2n) is 6.10. The number of hydrogen-bond donors (Lipinski definition) is 1. The van der Waals surface area contributed by atoms with Crippen LogP contribution in [0.4, 0.5) is 0 Å². The van der Waals surface area contributed by atoms with E-state index in [1.807, 2.05) is 30.0 Å². The normalized spacial score (nSPS) is 15.8. The third-order valence-corrected chi connectivity index (χ3v) is 5.54. The van der Waals surface area contributed by atoms with Crippen molar-refractivity contribution in [1.82, 2.24) is 9.88 Å². The molecule has 0 bridgehead atoms. The predicted molar refractivity (Wildman–Crippen MR) is 91.8 cm³/mol. The fourth-order valence-electron chi connectivity index (χ4n) is 2.96. The monoisotopic (exact) mass is 330 g/mol. The topological polar surface area (TPSA) is 53.4 Å². The largest absolute Gasteiger partial charge is 0.396 e. The first-order chi connectivity index (χ1) is 11.2. The second kappa shape index (κ2) is 7.23. The van der Waals surface area contributed by atoms with Gasteiger partial charge in [0.1, 0.15) is 4.88 Å². The maximum atomic E-state index is 12.7. The number of hydrogen-bond acceptors (Lipinski definition) is 4. The van der Waals surface area contributed by atoms with E-state index >= 15 is 0 Å². The molecule has 1 aliphatic heterocycles. The quantitative estimate of drug-likeness (QED) is 0.938. The van der Waals surface area contributed by atoms with E-state index in [9.17, 15) is 9.90 Å². The fourth-order valence-corrected chi connectivity index (χ4v) is 4.03. The number of piperidine rings is 1. The van der Waals surface area contributed by atoms with Crippen LogP contribution in [0.25, 0.3) is 0 Å². The maximum Gasteiger partial charge on any atom is 0.265 e. The minimum atomic E-state index is 0.0932. The van der Waals surface area contributed by atoms with Gasteiger partial charge in [0.25, 0.3) is 5.91 Å². The molecule has 1 aromatic carbocycles. The smallest absolute Gasteiger partial charge is 0.265 e. The Morgan fingerprint density at radius 3 is 2.65 bits per heavy atom. The zero-order valence-electron chi connectivity index (χ0n) is 13.4. The lowest BCUT2D eigenvalue weighted by molar-refractivity contribution is 0.0654. The van der Waals surface area contributed by atoms with Crippen molar-refractivity contribution in [2.45, 2.75) is 26.2 Å². The molecule has 0 spiro atoms. The highest BCUT2D eigenvalue weighted by atomic mass is 32.1. The molecule has 1 aromatic heterocycles. The highest BCUT2D eigenvalue weighted by molar-refractivity contribution is 7.13. The number of aliphatic hydroxyl groups excluding tert-OH is 1. The Hall–Kier alpha value is -1.72. The Kier molecular flexibility index (Phi) is 5.08. The summed E-state index contributed by atoms with van der Waals surface area (Å²) in [5.41, 5.74) is 2.04. The van der Waals surface area contributed by atoms with E-state index < -0.39 is 0 Å². The second-order valence-corrected chi connectivity index (χ2v) is 7.19.